The van der Waals surface area contributed by atoms with Crippen LogP contribution in [0.1, 0.15) is 30.7 Å². The van der Waals surface area contributed by atoms with Crippen LogP contribution in [0.5, 0.6) is 0 Å². The van der Waals surface area contributed by atoms with E-state index >= 15 is 0 Å². The fourth-order valence-electron chi connectivity index (χ4n) is 3.93. The second kappa shape index (κ2) is 10.2. The highest BCUT2D eigenvalue weighted by atomic mass is 32.2. The van der Waals surface area contributed by atoms with Crippen molar-refractivity contribution in [3.63, 3.8) is 0 Å². The van der Waals surface area contributed by atoms with Crippen LogP contribution < -0.4 is 0 Å². The van der Waals surface area contributed by atoms with Gasteiger partial charge in [0.25, 0.3) is 5.91 Å². The van der Waals surface area contributed by atoms with E-state index in [2.05, 4.69) is 55.9 Å². The van der Waals surface area contributed by atoms with Crippen molar-refractivity contribution in [1.29, 1.82) is 0 Å². The lowest BCUT2D eigenvalue weighted by Crippen LogP contribution is -2.29. The minimum Gasteiger partial charge on any atom is -0.293 e. The van der Waals surface area contributed by atoms with Crippen molar-refractivity contribution >= 4 is 51.2 Å². The Labute approximate surface area is 206 Å². The third-order valence-corrected chi connectivity index (χ3v) is 7.04. The predicted octanol–water partition coefficient (Wildman–Crippen LogP) is 5.03. The first-order chi connectivity index (χ1) is 16.7. The lowest BCUT2D eigenvalue weighted by Gasteiger charge is -2.13. The first kappa shape index (κ1) is 22.4. The van der Waals surface area contributed by atoms with E-state index in [0.717, 1.165) is 59.1 Å². The number of tetrazole rings is 1. The van der Waals surface area contributed by atoms with Crippen molar-refractivity contribution in [2.75, 3.05) is 6.54 Å². The first-order valence-corrected chi connectivity index (χ1v) is 12.3. The highest BCUT2D eigenvalue weighted by molar-refractivity contribution is 8.26. The van der Waals surface area contributed by atoms with Crippen molar-refractivity contribution in [1.82, 2.24) is 30.5 Å². The Bertz CT molecular complexity index is 1370. The molecule has 0 radical (unpaired) electrons. The SMILES string of the molecule is O=C1C(=Cc2cccc(-c3ccc4ncccc4c3)c2)SC(=S)N1CCCCCc1nn[nH]n1. The molecular weight excluding hydrogens is 464 g/mol. The number of rotatable bonds is 8. The zero-order chi connectivity index (χ0) is 23.3. The number of aryl methyl sites for hydroxylation is 1. The number of aromatic amines is 1. The fraction of sp³-hybridized carbons (Fsp3) is 0.200. The number of unbranched alkanes of at least 4 members (excludes halogenated alkanes) is 2. The molecule has 1 aliphatic heterocycles. The molecule has 1 fully saturated rings. The number of amides is 1. The Morgan fingerprint density at radius 3 is 2.82 bits per heavy atom. The quantitative estimate of drug-likeness (QED) is 0.212. The summed E-state index contributed by atoms with van der Waals surface area (Å²) < 4.78 is 0.618. The molecule has 0 atom stereocenters. The zero-order valence-corrected chi connectivity index (χ0v) is 20.0. The summed E-state index contributed by atoms with van der Waals surface area (Å²) >= 11 is 6.86. The van der Waals surface area contributed by atoms with Gasteiger partial charge in [0.05, 0.1) is 10.4 Å². The van der Waals surface area contributed by atoms with E-state index in [1.54, 1.807) is 11.1 Å². The molecule has 5 rings (SSSR count). The Balaban J connectivity index is 1.24. The van der Waals surface area contributed by atoms with Gasteiger partial charge in [-0.3, -0.25) is 14.7 Å². The molecule has 1 aliphatic rings. The van der Waals surface area contributed by atoms with Crippen LogP contribution in [0, 0.1) is 0 Å². The molecular formula is C25H22N6OS2. The van der Waals surface area contributed by atoms with Crippen LogP contribution in [0.3, 0.4) is 0 Å². The van der Waals surface area contributed by atoms with E-state index in [0.29, 0.717) is 15.8 Å². The van der Waals surface area contributed by atoms with Crippen LogP contribution in [0.15, 0.2) is 65.7 Å². The smallest absolute Gasteiger partial charge is 0.266 e. The van der Waals surface area contributed by atoms with Crippen LogP contribution in [-0.4, -0.2) is 47.3 Å². The molecule has 1 saturated heterocycles. The molecule has 0 saturated carbocycles. The van der Waals surface area contributed by atoms with Gasteiger partial charge in [0.1, 0.15) is 4.32 Å². The highest BCUT2D eigenvalue weighted by Crippen LogP contribution is 2.33. The van der Waals surface area contributed by atoms with E-state index < -0.39 is 0 Å². The average Bonchev–Trinajstić information content (AvgIpc) is 3.47. The maximum atomic E-state index is 13.0. The van der Waals surface area contributed by atoms with Crippen molar-refractivity contribution in [3.8, 4) is 11.1 Å². The molecule has 170 valence electrons. The molecule has 2 aromatic heterocycles. The maximum Gasteiger partial charge on any atom is 0.266 e. The van der Waals surface area contributed by atoms with E-state index in [4.69, 9.17) is 12.2 Å². The Morgan fingerprint density at radius 2 is 1.94 bits per heavy atom. The number of H-pyrrole nitrogens is 1. The van der Waals surface area contributed by atoms with Gasteiger partial charge in [-0.1, -0.05) is 65.9 Å². The third kappa shape index (κ3) is 5.05. The zero-order valence-electron chi connectivity index (χ0n) is 18.3. The summed E-state index contributed by atoms with van der Waals surface area (Å²) in [5.74, 6) is 0.700. The minimum atomic E-state index is -0.0182. The van der Waals surface area contributed by atoms with Crippen LogP contribution in [0.4, 0.5) is 0 Å². The maximum absolute atomic E-state index is 13.0. The van der Waals surface area contributed by atoms with Crippen LogP contribution in [-0.2, 0) is 11.2 Å². The minimum absolute atomic E-state index is 0.0182. The lowest BCUT2D eigenvalue weighted by atomic mass is 10.0. The van der Waals surface area contributed by atoms with Crippen LogP contribution in [0.2, 0.25) is 0 Å². The Morgan fingerprint density at radius 1 is 1.03 bits per heavy atom. The summed E-state index contributed by atoms with van der Waals surface area (Å²) in [7, 11) is 0. The Hall–Kier alpha value is -3.43. The van der Waals surface area contributed by atoms with Crippen molar-refractivity contribution in [3.05, 3.63) is 77.1 Å². The van der Waals surface area contributed by atoms with Gasteiger partial charge in [0, 0.05) is 24.5 Å². The second-order valence-electron chi connectivity index (χ2n) is 8.01. The molecule has 2 aromatic carbocycles. The molecule has 34 heavy (non-hydrogen) atoms. The van der Waals surface area contributed by atoms with Gasteiger partial charge in [-0.2, -0.15) is 5.21 Å². The summed E-state index contributed by atoms with van der Waals surface area (Å²) in [6.07, 6.45) is 7.30. The van der Waals surface area contributed by atoms with E-state index in [-0.39, 0.29) is 5.91 Å². The molecule has 1 N–H and O–H groups in total. The molecule has 7 nitrogen and oxygen atoms in total. The standard InChI is InChI=1S/C25H22N6OS2/c32-24-22(34-25(33)31(24)13-3-1-2-9-23-27-29-30-28-23)15-17-6-4-7-18(14-17)19-10-11-21-20(16-19)8-5-12-26-21/h4-8,10-12,14-16H,1-3,9,13H2,(H,27,28,29,30). The van der Waals surface area contributed by atoms with Gasteiger partial charge in [0.15, 0.2) is 5.82 Å². The number of nitrogens with one attached hydrogen (secondary N) is 1. The van der Waals surface area contributed by atoms with Crippen molar-refractivity contribution < 1.29 is 4.79 Å². The van der Waals surface area contributed by atoms with Crippen molar-refractivity contribution in [2.24, 2.45) is 0 Å². The van der Waals surface area contributed by atoms with Gasteiger partial charge in [-0.25, -0.2) is 0 Å². The number of thioether (sulfide) groups is 1. The van der Waals surface area contributed by atoms with E-state index in [1.807, 2.05) is 30.3 Å². The Kier molecular flexibility index (Phi) is 6.73. The molecule has 0 bridgehead atoms. The van der Waals surface area contributed by atoms with Crippen LogP contribution in [0.25, 0.3) is 28.1 Å². The number of benzene rings is 2. The summed E-state index contributed by atoms with van der Waals surface area (Å²) in [6, 6.07) is 18.5. The average molecular weight is 487 g/mol. The lowest BCUT2D eigenvalue weighted by molar-refractivity contribution is -0.122. The summed E-state index contributed by atoms with van der Waals surface area (Å²) in [6.45, 7) is 0.624. The summed E-state index contributed by atoms with van der Waals surface area (Å²) in [5, 5.41) is 15.0. The number of carbonyl (C=O) groups excluding carboxylic acids is 1. The molecule has 0 aliphatic carbocycles. The molecule has 0 spiro atoms. The predicted molar refractivity (Wildman–Crippen MR) is 139 cm³/mol. The first-order valence-electron chi connectivity index (χ1n) is 11.1. The summed E-state index contributed by atoms with van der Waals surface area (Å²) in [5.41, 5.74) is 4.16. The molecule has 0 unspecified atom stereocenters. The van der Waals surface area contributed by atoms with Gasteiger partial charge in [-0.15, -0.1) is 10.2 Å². The highest BCUT2D eigenvalue weighted by Gasteiger charge is 2.31. The van der Waals surface area contributed by atoms with Gasteiger partial charge < -0.3 is 0 Å². The summed E-state index contributed by atoms with van der Waals surface area (Å²) in [4.78, 5) is 19.7. The number of hydrogen-bond donors (Lipinski definition) is 1. The van der Waals surface area contributed by atoms with E-state index in [1.165, 1.54) is 11.8 Å². The normalized spacial score (nSPS) is 15.1. The molecule has 1 amide bonds. The molecule has 3 heterocycles. The second-order valence-corrected chi connectivity index (χ2v) is 9.68. The van der Waals surface area contributed by atoms with Gasteiger partial charge in [0.2, 0.25) is 0 Å². The molecule has 4 aromatic rings. The van der Waals surface area contributed by atoms with Crippen molar-refractivity contribution in [2.45, 2.75) is 25.7 Å². The fourth-order valence-corrected chi connectivity index (χ4v) is 5.23. The number of fused-ring (bicyclic) bond motifs is 1. The van der Waals surface area contributed by atoms with Crippen LogP contribution >= 0.6 is 24.0 Å². The number of thiocarbonyl (C=S) groups is 1. The third-order valence-electron chi connectivity index (χ3n) is 5.67. The molecule has 9 heteroatoms. The number of carbonyl (C=O) groups is 1. The topological polar surface area (TPSA) is 87.7 Å². The monoisotopic (exact) mass is 486 g/mol. The largest absolute Gasteiger partial charge is 0.293 e. The van der Waals surface area contributed by atoms with Gasteiger partial charge >= 0.3 is 0 Å². The number of aromatic nitrogens is 5. The van der Waals surface area contributed by atoms with E-state index in [9.17, 15) is 4.79 Å². The number of nitrogens with zero attached hydrogens (tertiary/aromatic N) is 5. The van der Waals surface area contributed by atoms with Gasteiger partial charge in [-0.05, 0) is 59.9 Å². The number of hydrogen-bond acceptors (Lipinski definition) is 7. The number of pyridine rings is 1.